The zero-order chi connectivity index (χ0) is 18.7. The molecule has 1 aliphatic heterocycles. The molecule has 0 radical (unpaired) electrons. The molecule has 0 aliphatic carbocycles. The Morgan fingerprint density at radius 2 is 1.88 bits per heavy atom. The summed E-state index contributed by atoms with van der Waals surface area (Å²) in [5, 5.41) is 9.71. The summed E-state index contributed by atoms with van der Waals surface area (Å²) in [4.78, 5) is 13.9. The first-order valence-electron chi connectivity index (χ1n) is 8.52. The number of benzene rings is 2. The fourth-order valence-corrected chi connectivity index (χ4v) is 4.21. The lowest BCUT2D eigenvalue weighted by Gasteiger charge is -2.33. The molecule has 0 bridgehead atoms. The first kappa shape index (κ1) is 18.7. The number of methoxy groups -OCH3 is 2. The number of carbonyl (C=O) groups is 1. The molecular formula is C20H22BrNO4. The zero-order valence-electron chi connectivity index (χ0n) is 14.8. The van der Waals surface area contributed by atoms with E-state index in [0.29, 0.717) is 24.5 Å². The Bertz CT molecular complexity index is 795. The fourth-order valence-electron chi connectivity index (χ4n) is 3.71. The molecule has 138 valence electrons. The Labute approximate surface area is 161 Å². The van der Waals surface area contributed by atoms with Crippen molar-refractivity contribution in [2.45, 2.75) is 24.9 Å². The number of carboxylic acid groups (broad SMARTS) is 1. The van der Waals surface area contributed by atoms with Crippen LogP contribution < -0.4 is 9.47 Å². The van der Waals surface area contributed by atoms with Gasteiger partial charge in [0.2, 0.25) is 0 Å². The normalized spacial score (nSPS) is 18.5. The van der Waals surface area contributed by atoms with E-state index in [2.05, 4.69) is 15.9 Å². The van der Waals surface area contributed by atoms with Crippen LogP contribution in [-0.2, 0) is 4.79 Å². The van der Waals surface area contributed by atoms with Crippen molar-refractivity contribution in [2.24, 2.45) is 0 Å². The summed E-state index contributed by atoms with van der Waals surface area (Å²) < 4.78 is 12.0. The Hall–Kier alpha value is -2.05. The van der Waals surface area contributed by atoms with Crippen LogP contribution in [0.4, 0.5) is 0 Å². The fraction of sp³-hybridized carbons (Fsp3) is 0.350. The van der Waals surface area contributed by atoms with Crippen LogP contribution in [0.2, 0.25) is 0 Å². The van der Waals surface area contributed by atoms with Crippen LogP contribution in [0.3, 0.4) is 0 Å². The molecule has 0 amide bonds. The summed E-state index contributed by atoms with van der Waals surface area (Å²) >= 11 is 3.63. The van der Waals surface area contributed by atoms with E-state index in [0.717, 1.165) is 22.0 Å². The second-order valence-electron chi connectivity index (χ2n) is 6.24. The van der Waals surface area contributed by atoms with Gasteiger partial charge < -0.3 is 14.6 Å². The average molecular weight is 420 g/mol. The topological polar surface area (TPSA) is 59.0 Å². The van der Waals surface area contributed by atoms with Crippen LogP contribution in [0.25, 0.3) is 0 Å². The minimum Gasteiger partial charge on any atom is -0.493 e. The van der Waals surface area contributed by atoms with Crippen molar-refractivity contribution in [2.75, 3.05) is 20.8 Å². The highest BCUT2D eigenvalue weighted by Crippen LogP contribution is 2.44. The highest BCUT2D eigenvalue weighted by molar-refractivity contribution is 9.10. The molecule has 2 unspecified atom stereocenters. The van der Waals surface area contributed by atoms with Crippen molar-refractivity contribution >= 4 is 21.9 Å². The number of rotatable bonds is 6. The number of carboxylic acids is 1. The molecule has 1 fully saturated rings. The van der Waals surface area contributed by atoms with Gasteiger partial charge in [0, 0.05) is 16.6 Å². The Morgan fingerprint density at radius 3 is 2.54 bits per heavy atom. The van der Waals surface area contributed by atoms with Crippen LogP contribution in [0.5, 0.6) is 11.5 Å². The predicted molar refractivity (Wildman–Crippen MR) is 103 cm³/mol. The lowest BCUT2D eigenvalue weighted by Crippen LogP contribution is -2.39. The Balaban J connectivity index is 2.20. The number of hydrogen-bond donors (Lipinski definition) is 1. The maximum atomic E-state index is 11.8. The monoisotopic (exact) mass is 419 g/mol. The van der Waals surface area contributed by atoms with Gasteiger partial charge in [0.05, 0.1) is 20.3 Å². The van der Waals surface area contributed by atoms with E-state index in [9.17, 15) is 9.90 Å². The molecule has 5 nitrogen and oxygen atoms in total. The van der Waals surface area contributed by atoms with Crippen molar-refractivity contribution in [3.8, 4) is 11.5 Å². The first-order valence-corrected chi connectivity index (χ1v) is 9.31. The number of ether oxygens (including phenoxy) is 2. The van der Waals surface area contributed by atoms with Crippen molar-refractivity contribution in [3.05, 3.63) is 58.1 Å². The summed E-state index contributed by atoms with van der Waals surface area (Å²) in [5.41, 5.74) is 1.90. The average Bonchev–Trinajstić information content (AvgIpc) is 3.13. The van der Waals surface area contributed by atoms with Gasteiger partial charge in [-0.15, -0.1) is 0 Å². The van der Waals surface area contributed by atoms with Gasteiger partial charge in [-0.25, -0.2) is 0 Å². The summed E-state index contributed by atoms with van der Waals surface area (Å²) in [7, 11) is 3.21. The standard InChI is InChI=1S/C20H22BrNO4/c1-25-17-11-5-8-14(19(17)26-2)18(13-7-3-4-9-15(13)21)22-12-6-10-16(22)20(23)24/h3-5,7-9,11,16,18H,6,10,12H2,1-2H3,(H,23,24). The maximum absolute atomic E-state index is 11.8. The molecule has 2 aromatic carbocycles. The summed E-state index contributed by atoms with van der Waals surface area (Å²) in [5.74, 6) is 0.473. The van der Waals surface area contributed by atoms with Crippen LogP contribution in [0, 0.1) is 0 Å². The van der Waals surface area contributed by atoms with E-state index in [4.69, 9.17) is 9.47 Å². The van der Waals surface area contributed by atoms with Gasteiger partial charge in [0.15, 0.2) is 11.5 Å². The molecule has 2 aromatic rings. The quantitative estimate of drug-likeness (QED) is 0.763. The third kappa shape index (κ3) is 3.44. The number of para-hydroxylation sites is 1. The SMILES string of the molecule is COc1cccc(C(c2ccccc2Br)N2CCCC2C(=O)O)c1OC. The lowest BCUT2D eigenvalue weighted by molar-refractivity contribution is -0.142. The third-order valence-corrected chi connectivity index (χ3v) is 5.56. The van der Waals surface area contributed by atoms with Crippen LogP contribution in [0.1, 0.15) is 30.0 Å². The number of halogens is 1. The molecule has 26 heavy (non-hydrogen) atoms. The number of hydrogen-bond acceptors (Lipinski definition) is 4. The van der Waals surface area contributed by atoms with E-state index in [1.807, 2.05) is 47.4 Å². The minimum atomic E-state index is -0.790. The van der Waals surface area contributed by atoms with Crippen molar-refractivity contribution in [1.82, 2.24) is 4.90 Å². The zero-order valence-corrected chi connectivity index (χ0v) is 16.4. The third-order valence-electron chi connectivity index (χ3n) is 4.84. The molecule has 1 saturated heterocycles. The molecule has 1 aliphatic rings. The van der Waals surface area contributed by atoms with E-state index in [1.54, 1.807) is 14.2 Å². The predicted octanol–water partition coefficient (Wildman–Crippen LogP) is 4.10. The van der Waals surface area contributed by atoms with Crippen molar-refractivity contribution in [3.63, 3.8) is 0 Å². The summed E-state index contributed by atoms with van der Waals surface area (Å²) in [6, 6.07) is 12.9. The van der Waals surface area contributed by atoms with Gasteiger partial charge in [-0.3, -0.25) is 9.69 Å². The van der Waals surface area contributed by atoms with Gasteiger partial charge in [-0.1, -0.05) is 46.3 Å². The van der Waals surface area contributed by atoms with Gasteiger partial charge in [-0.2, -0.15) is 0 Å². The van der Waals surface area contributed by atoms with Gasteiger partial charge >= 0.3 is 5.97 Å². The second kappa shape index (κ2) is 8.10. The number of nitrogens with zero attached hydrogens (tertiary/aromatic N) is 1. The Kier molecular flexibility index (Phi) is 5.84. The van der Waals surface area contributed by atoms with E-state index < -0.39 is 12.0 Å². The molecular weight excluding hydrogens is 398 g/mol. The minimum absolute atomic E-state index is 0.251. The molecule has 0 aromatic heterocycles. The van der Waals surface area contributed by atoms with E-state index in [-0.39, 0.29) is 6.04 Å². The van der Waals surface area contributed by atoms with Gasteiger partial charge in [0.25, 0.3) is 0 Å². The molecule has 1 heterocycles. The van der Waals surface area contributed by atoms with Crippen molar-refractivity contribution in [1.29, 1.82) is 0 Å². The maximum Gasteiger partial charge on any atom is 0.320 e. The van der Waals surface area contributed by atoms with Crippen LogP contribution in [-0.4, -0.2) is 42.8 Å². The van der Waals surface area contributed by atoms with Crippen molar-refractivity contribution < 1.29 is 19.4 Å². The Morgan fingerprint density at radius 1 is 1.15 bits per heavy atom. The highest BCUT2D eigenvalue weighted by Gasteiger charge is 2.38. The van der Waals surface area contributed by atoms with Gasteiger partial charge in [-0.05, 0) is 30.5 Å². The lowest BCUT2D eigenvalue weighted by atomic mass is 9.95. The smallest absolute Gasteiger partial charge is 0.320 e. The molecule has 3 rings (SSSR count). The van der Waals surface area contributed by atoms with Crippen LogP contribution >= 0.6 is 15.9 Å². The molecule has 0 spiro atoms. The molecule has 2 atom stereocenters. The van der Waals surface area contributed by atoms with E-state index >= 15 is 0 Å². The van der Waals surface area contributed by atoms with Gasteiger partial charge in [0.1, 0.15) is 6.04 Å². The second-order valence-corrected chi connectivity index (χ2v) is 7.10. The highest BCUT2D eigenvalue weighted by atomic mass is 79.9. The largest absolute Gasteiger partial charge is 0.493 e. The molecule has 0 saturated carbocycles. The molecule has 1 N–H and O–H groups in total. The number of aliphatic carboxylic acids is 1. The molecule has 6 heteroatoms. The van der Waals surface area contributed by atoms with Crippen LogP contribution in [0.15, 0.2) is 46.9 Å². The summed E-state index contributed by atoms with van der Waals surface area (Å²) in [6.07, 6.45) is 1.49. The first-order chi connectivity index (χ1) is 12.6. The summed E-state index contributed by atoms with van der Waals surface area (Å²) in [6.45, 7) is 0.712. The van der Waals surface area contributed by atoms with E-state index in [1.165, 1.54) is 0 Å². The number of likely N-dealkylation sites (tertiary alicyclic amines) is 1.